The predicted octanol–water partition coefficient (Wildman–Crippen LogP) is 1.76. The molecule has 8 nitrogen and oxygen atoms in total. The number of rotatable bonds is 3. The van der Waals surface area contributed by atoms with Crippen molar-refractivity contribution in [3.8, 4) is 23.2 Å². The molecule has 4 rings (SSSR count). The summed E-state index contributed by atoms with van der Waals surface area (Å²) in [6.45, 7) is 2.45. The maximum Gasteiger partial charge on any atom is 0.357 e. The number of esters is 1. The van der Waals surface area contributed by atoms with Gasteiger partial charge in [0.15, 0.2) is 11.5 Å². The van der Waals surface area contributed by atoms with Crippen LogP contribution in [0.1, 0.15) is 29.4 Å². The molecular weight excluding hydrogens is 396 g/mol. The third-order valence-corrected chi connectivity index (χ3v) is 5.24. The van der Waals surface area contributed by atoms with Crippen LogP contribution in [0.4, 0.5) is 0 Å². The molecule has 0 bridgehead atoms. The van der Waals surface area contributed by atoms with Gasteiger partial charge in [0.2, 0.25) is 5.60 Å². The highest BCUT2D eigenvalue weighted by molar-refractivity contribution is 6.01. The highest BCUT2D eigenvalue weighted by Gasteiger charge is 2.42. The third-order valence-electron chi connectivity index (χ3n) is 5.24. The summed E-state index contributed by atoms with van der Waals surface area (Å²) in [7, 11) is 3.48. The van der Waals surface area contributed by atoms with Gasteiger partial charge in [0, 0.05) is 44.4 Å². The number of ether oxygens (including phenoxy) is 1. The van der Waals surface area contributed by atoms with E-state index in [1.807, 2.05) is 23.9 Å². The van der Waals surface area contributed by atoms with Gasteiger partial charge < -0.3 is 19.3 Å². The fourth-order valence-corrected chi connectivity index (χ4v) is 3.50. The number of carbonyl (C=O) groups excluding carboxylic acids is 2. The van der Waals surface area contributed by atoms with Crippen molar-refractivity contribution in [2.45, 2.75) is 18.9 Å². The van der Waals surface area contributed by atoms with Gasteiger partial charge in [0.05, 0.1) is 12.0 Å². The Bertz CT molecular complexity index is 1250. The summed E-state index contributed by atoms with van der Waals surface area (Å²) < 4.78 is 6.97. The first-order valence-electron chi connectivity index (χ1n) is 9.94. The lowest BCUT2D eigenvalue weighted by atomic mass is 10.0. The van der Waals surface area contributed by atoms with E-state index < -0.39 is 17.5 Å². The fraction of sp³-hybridized carbons (Fsp3) is 0.304. The Hall–Kier alpha value is -3.70. The van der Waals surface area contributed by atoms with E-state index in [1.54, 1.807) is 38.2 Å². The van der Waals surface area contributed by atoms with Crippen LogP contribution >= 0.6 is 0 Å². The Kier molecular flexibility index (Phi) is 5.21. The van der Waals surface area contributed by atoms with Gasteiger partial charge in [-0.1, -0.05) is 24.0 Å². The summed E-state index contributed by atoms with van der Waals surface area (Å²) in [6.07, 6.45) is 2.08. The fourth-order valence-electron chi connectivity index (χ4n) is 3.50. The van der Waals surface area contributed by atoms with Gasteiger partial charge in [-0.25, -0.2) is 14.8 Å². The quantitative estimate of drug-likeness (QED) is 0.514. The summed E-state index contributed by atoms with van der Waals surface area (Å²) in [5.41, 5.74) is 0.399. The molecule has 31 heavy (non-hydrogen) atoms. The number of aryl methyl sites for hydroxylation is 1. The van der Waals surface area contributed by atoms with Crippen LogP contribution < -0.4 is 0 Å². The Morgan fingerprint density at radius 1 is 1.29 bits per heavy atom. The average molecular weight is 418 g/mol. The third kappa shape index (κ3) is 3.76. The molecule has 158 valence electrons. The van der Waals surface area contributed by atoms with Crippen molar-refractivity contribution in [2.24, 2.45) is 7.05 Å². The summed E-state index contributed by atoms with van der Waals surface area (Å²) in [6, 6.07) is 8.92. The molecule has 1 atom stereocenters. The summed E-state index contributed by atoms with van der Waals surface area (Å²) >= 11 is 0. The van der Waals surface area contributed by atoms with E-state index in [2.05, 4.69) is 21.8 Å². The van der Waals surface area contributed by atoms with Crippen molar-refractivity contribution in [2.75, 3.05) is 20.2 Å². The molecule has 0 spiro atoms. The molecule has 1 fully saturated rings. The monoisotopic (exact) mass is 418 g/mol. The summed E-state index contributed by atoms with van der Waals surface area (Å²) in [5, 5.41) is 11.1. The van der Waals surface area contributed by atoms with Crippen LogP contribution in [0.2, 0.25) is 0 Å². The van der Waals surface area contributed by atoms with Crippen molar-refractivity contribution in [3.05, 3.63) is 47.8 Å². The number of benzene rings is 1. The molecular formula is C23H22N4O4. The number of aliphatic hydroxyl groups is 1. The second kappa shape index (κ2) is 7.85. The number of likely N-dealkylation sites (tertiary alicyclic amines) is 1. The van der Waals surface area contributed by atoms with E-state index in [4.69, 9.17) is 4.74 Å². The van der Waals surface area contributed by atoms with E-state index in [0.717, 1.165) is 0 Å². The molecule has 8 heteroatoms. The largest absolute Gasteiger partial charge is 0.461 e. The van der Waals surface area contributed by atoms with Crippen LogP contribution in [-0.2, 0) is 16.6 Å². The van der Waals surface area contributed by atoms with Crippen LogP contribution in [0.15, 0.2) is 36.5 Å². The van der Waals surface area contributed by atoms with E-state index >= 15 is 0 Å². The van der Waals surface area contributed by atoms with Gasteiger partial charge in [-0.05, 0) is 25.1 Å². The lowest BCUT2D eigenvalue weighted by Crippen LogP contribution is -2.37. The molecule has 0 saturated carbocycles. The van der Waals surface area contributed by atoms with Gasteiger partial charge in [-0.15, -0.1) is 0 Å². The Morgan fingerprint density at radius 2 is 2.10 bits per heavy atom. The first-order chi connectivity index (χ1) is 14.8. The second-order valence-electron chi connectivity index (χ2n) is 7.45. The highest BCUT2D eigenvalue weighted by Crippen LogP contribution is 2.24. The lowest BCUT2D eigenvalue weighted by Gasteiger charge is -2.13. The summed E-state index contributed by atoms with van der Waals surface area (Å²) in [4.78, 5) is 35.1. The number of fused-ring (bicyclic) bond motifs is 1. The molecule has 1 aliphatic heterocycles. The lowest BCUT2D eigenvalue weighted by molar-refractivity contribution is -0.137. The standard InChI is InChI=1S/C23H22N4O4/c1-4-31-21(28)18-17-9-12-26(2)20(17)25-19(24-18)16-7-5-6-15(14-16)8-10-23(30)11-13-27(3)22(23)29/h5-7,9,12,14,30H,4,11,13H2,1-3H3. The topological polar surface area (TPSA) is 97.6 Å². The number of likely N-dealkylation sites (N-methyl/N-ethyl adjacent to an activating group) is 1. The van der Waals surface area contributed by atoms with Crippen molar-refractivity contribution in [1.29, 1.82) is 0 Å². The first kappa shape index (κ1) is 20.6. The van der Waals surface area contributed by atoms with Crippen LogP contribution in [0.25, 0.3) is 22.4 Å². The van der Waals surface area contributed by atoms with E-state index in [9.17, 15) is 14.7 Å². The molecule has 1 amide bonds. The molecule has 1 unspecified atom stereocenters. The number of hydrogen-bond donors (Lipinski definition) is 1. The van der Waals surface area contributed by atoms with Gasteiger partial charge in [-0.3, -0.25) is 4.79 Å². The van der Waals surface area contributed by atoms with Crippen molar-refractivity contribution in [3.63, 3.8) is 0 Å². The zero-order valence-electron chi connectivity index (χ0n) is 17.5. The minimum Gasteiger partial charge on any atom is -0.461 e. The highest BCUT2D eigenvalue weighted by atomic mass is 16.5. The molecule has 1 aliphatic rings. The first-order valence-corrected chi connectivity index (χ1v) is 9.94. The number of aromatic nitrogens is 3. The van der Waals surface area contributed by atoms with Gasteiger partial charge in [0.1, 0.15) is 5.65 Å². The summed E-state index contributed by atoms with van der Waals surface area (Å²) in [5.74, 6) is 5.05. The zero-order chi connectivity index (χ0) is 22.2. The molecule has 0 aliphatic carbocycles. The number of carbonyl (C=O) groups is 2. The number of amides is 1. The Labute approximate surface area is 179 Å². The van der Waals surface area contributed by atoms with Crippen LogP contribution in [0, 0.1) is 11.8 Å². The smallest absolute Gasteiger partial charge is 0.357 e. The average Bonchev–Trinajstić information content (AvgIpc) is 3.27. The van der Waals surface area contributed by atoms with Crippen LogP contribution in [0.5, 0.6) is 0 Å². The van der Waals surface area contributed by atoms with Gasteiger partial charge in [0.25, 0.3) is 5.91 Å². The second-order valence-corrected chi connectivity index (χ2v) is 7.45. The molecule has 1 saturated heterocycles. The van der Waals surface area contributed by atoms with Crippen LogP contribution in [0.3, 0.4) is 0 Å². The predicted molar refractivity (Wildman–Crippen MR) is 114 cm³/mol. The molecule has 0 radical (unpaired) electrons. The number of nitrogens with zero attached hydrogens (tertiary/aromatic N) is 4. The van der Waals surface area contributed by atoms with Crippen molar-refractivity contribution < 1.29 is 19.4 Å². The zero-order valence-corrected chi connectivity index (χ0v) is 17.5. The molecule has 3 aromatic rings. The molecule has 1 aromatic carbocycles. The van der Waals surface area contributed by atoms with Crippen LogP contribution in [-0.4, -0.2) is 62.2 Å². The minimum absolute atomic E-state index is 0.202. The molecule has 2 aromatic heterocycles. The van der Waals surface area contributed by atoms with Gasteiger partial charge in [-0.2, -0.15) is 0 Å². The van der Waals surface area contributed by atoms with Crippen molar-refractivity contribution >= 4 is 22.9 Å². The Morgan fingerprint density at radius 3 is 2.81 bits per heavy atom. The maximum atomic E-state index is 12.5. The SMILES string of the molecule is CCOC(=O)c1nc(-c2cccc(C#CC3(O)CCN(C)C3=O)c2)nc2c1ccn2C. The van der Waals surface area contributed by atoms with Gasteiger partial charge >= 0.3 is 5.97 Å². The van der Waals surface area contributed by atoms with E-state index in [0.29, 0.717) is 34.5 Å². The Balaban J connectivity index is 1.75. The van der Waals surface area contributed by atoms with E-state index in [-0.39, 0.29) is 18.7 Å². The van der Waals surface area contributed by atoms with Crippen molar-refractivity contribution in [1.82, 2.24) is 19.4 Å². The minimum atomic E-state index is -1.67. The molecule has 1 N–H and O–H groups in total. The maximum absolute atomic E-state index is 12.5. The number of hydrogen-bond acceptors (Lipinski definition) is 6. The molecule has 3 heterocycles. The van der Waals surface area contributed by atoms with E-state index in [1.165, 1.54) is 4.90 Å². The normalized spacial score (nSPS) is 18.2.